The van der Waals surface area contributed by atoms with Crippen LogP contribution in [0.4, 0.5) is 198 Å². The van der Waals surface area contributed by atoms with E-state index in [4.69, 9.17) is 15.1 Å². The molecule has 0 aliphatic heterocycles. The van der Waals surface area contributed by atoms with Crippen molar-refractivity contribution < 1.29 is 213 Å². The average molecular weight is 2110 g/mol. The summed E-state index contributed by atoms with van der Waals surface area (Å²) >= 11 is 0. The second-order valence-corrected chi connectivity index (χ2v) is 31.5. The average Bonchev–Trinajstić information content (AvgIpc) is 0.706. The highest BCUT2D eigenvalue weighted by atomic mass is 19.2. The number of nitrogens with zero attached hydrogens (tertiary/aromatic N) is 3. The van der Waals surface area contributed by atoms with Crippen molar-refractivity contribution in [2.24, 2.45) is 0 Å². The van der Waals surface area contributed by atoms with Gasteiger partial charge in [-0.25, -0.2) is 198 Å². The van der Waals surface area contributed by atoms with Crippen LogP contribution in [0.5, 0.6) is 0 Å². The molecule has 0 radical (unpaired) electrons. The lowest BCUT2D eigenvalue weighted by Crippen LogP contribution is -2.40. The van der Waals surface area contributed by atoms with Crippen molar-refractivity contribution in [1.82, 2.24) is 14.7 Å². The summed E-state index contributed by atoms with van der Waals surface area (Å²) < 4.78 is 669. The second kappa shape index (κ2) is 50.4. The van der Waals surface area contributed by atoms with E-state index in [1.54, 1.807) is 56.2 Å². The fourth-order valence-corrected chi connectivity index (χ4v) is 16.1. The topological polar surface area (TPSA) is 70.4 Å². The van der Waals surface area contributed by atoms with Crippen molar-refractivity contribution in [1.29, 1.82) is 0 Å². The van der Waals surface area contributed by atoms with E-state index in [0.717, 1.165) is 0 Å². The molecule has 0 fully saturated rings. The zero-order chi connectivity index (χ0) is 108. The predicted molar refractivity (Wildman–Crippen MR) is 415 cm³/mol. The van der Waals surface area contributed by atoms with Gasteiger partial charge in [-0.2, -0.15) is 0 Å². The van der Waals surface area contributed by atoms with Crippen molar-refractivity contribution in [2.45, 2.75) is 173 Å². The Bertz CT molecular complexity index is 4730. The van der Waals surface area contributed by atoms with Gasteiger partial charge in [-0.1, -0.05) is 80.1 Å². The molecule has 3 N–H and O–H groups in total. The lowest BCUT2D eigenvalue weighted by molar-refractivity contribution is 0.247. The summed E-state index contributed by atoms with van der Waals surface area (Å²) in [5.41, 5.74) is -36.9. The fraction of sp³-hybridized carbons (Fsp3) is 0.400. The van der Waals surface area contributed by atoms with Gasteiger partial charge in [0, 0.05) is 50.1 Å². The predicted octanol–water partition coefficient (Wildman–Crippen LogP) is 27.3. The van der Waals surface area contributed by atoms with Crippen molar-refractivity contribution in [3.8, 4) is 0 Å². The number of rotatable bonds is 39. The van der Waals surface area contributed by atoms with Gasteiger partial charge in [0.05, 0.1) is 16.2 Å². The maximum Gasteiger partial charge on any atom is 0.631 e. The van der Waals surface area contributed by atoms with Crippen molar-refractivity contribution in [3.05, 3.63) is 312 Å². The van der Waals surface area contributed by atoms with Gasteiger partial charge in [0.1, 0.15) is 0 Å². The van der Waals surface area contributed by atoms with Crippen LogP contribution >= 0.6 is 0 Å². The molecule has 52 heteroatoms. The van der Waals surface area contributed by atoms with E-state index in [1.807, 2.05) is 0 Å². The molecule has 0 unspecified atom stereocenters. The maximum absolute atomic E-state index is 15.5. The van der Waals surface area contributed by atoms with Crippen molar-refractivity contribution >= 4 is 7.32 Å². The van der Waals surface area contributed by atoms with Crippen LogP contribution < -0.4 is 0 Å². The van der Waals surface area contributed by atoms with Crippen molar-refractivity contribution in [2.75, 3.05) is 58.9 Å². The first kappa shape index (κ1) is 120. The van der Waals surface area contributed by atoms with Crippen LogP contribution in [0.1, 0.15) is 207 Å². The molecule has 0 saturated carbocycles. The standard InChI is InChI=1S/3C30H24F15N.BH3O3/c3*1-3-5-9-46(10-6-4-2)11-7-8-30(12-15(31)21(37)27(43)22(38)16(12)32,13-17(33)23(39)28(44)24(40)18(13)34)14-19(35)25(41)29(45)26(42)20(14)36;2-1(3)4/h3*3-11H2,1-2H3;2-4H. The normalized spacial score (nSPS) is 12.0. The van der Waals surface area contributed by atoms with Crippen LogP contribution in [0.3, 0.4) is 0 Å². The molecule has 0 amide bonds. The summed E-state index contributed by atoms with van der Waals surface area (Å²) in [7, 11) is -2.17. The highest BCUT2D eigenvalue weighted by Crippen LogP contribution is 2.57. The first-order valence-corrected chi connectivity index (χ1v) is 42.2. The van der Waals surface area contributed by atoms with Crippen LogP contribution in [0.2, 0.25) is 0 Å². The summed E-state index contributed by atoms with van der Waals surface area (Å²) in [4.78, 5) is 4.77. The van der Waals surface area contributed by atoms with E-state index >= 15 is 79.0 Å². The molecule has 0 heterocycles. The third-order valence-corrected chi connectivity index (χ3v) is 22.8. The molecule has 0 bridgehead atoms. The van der Waals surface area contributed by atoms with E-state index in [9.17, 15) is 119 Å². The Kier molecular flexibility index (Phi) is 42.8. The Balaban J connectivity index is 0.000000320. The molecule has 786 valence electrons. The minimum Gasteiger partial charge on any atom is -0.402 e. The van der Waals surface area contributed by atoms with Crippen molar-refractivity contribution in [3.63, 3.8) is 0 Å². The third kappa shape index (κ3) is 23.1. The van der Waals surface area contributed by atoms with Crippen LogP contribution in [0.15, 0.2) is 0 Å². The zero-order valence-corrected chi connectivity index (χ0v) is 73.9. The minimum absolute atomic E-state index is 0.261. The Morgan fingerprint density at radius 1 is 0.141 bits per heavy atom. The molecular formula is C90H75BF45N3O3. The Labute approximate surface area is 776 Å². The molecule has 0 saturated heterocycles. The Hall–Kier alpha value is -10.3. The highest BCUT2D eigenvalue weighted by Gasteiger charge is 2.58. The molecule has 0 spiro atoms. The molecule has 0 aliphatic carbocycles. The van der Waals surface area contributed by atoms with E-state index in [1.165, 1.54) is 0 Å². The quantitative estimate of drug-likeness (QED) is 0.0117. The molecule has 0 aromatic heterocycles. The Morgan fingerprint density at radius 2 is 0.211 bits per heavy atom. The molecular weight excluding hydrogens is 2040 g/mol. The van der Waals surface area contributed by atoms with E-state index in [-0.39, 0.29) is 58.9 Å². The van der Waals surface area contributed by atoms with Gasteiger partial charge in [0.15, 0.2) is 209 Å². The number of hydrogen-bond acceptors (Lipinski definition) is 6. The highest BCUT2D eigenvalue weighted by molar-refractivity contribution is 6.30. The summed E-state index contributed by atoms with van der Waals surface area (Å²) in [6.07, 6.45) is -0.986. The van der Waals surface area contributed by atoms with Gasteiger partial charge in [-0.3, -0.25) is 0 Å². The van der Waals surface area contributed by atoms with Gasteiger partial charge in [0.2, 0.25) is 52.4 Å². The van der Waals surface area contributed by atoms with Gasteiger partial charge >= 0.3 is 7.32 Å². The van der Waals surface area contributed by atoms with Crippen LogP contribution in [0.25, 0.3) is 0 Å². The Morgan fingerprint density at radius 3 is 0.289 bits per heavy atom. The molecule has 0 atom stereocenters. The molecule has 142 heavy (non-hydrogen) atoms. The molecule has 0 aliphatic rings. The van der Waals surface area contributed by atoms with Gasteiger partial charge < -0.3 is 29.8 Å². The molecule has 6 nitrogen and oxygen atoms in total. The summed E-state index contributed by atoms with van der Waals surface area (Å²) in [6.45, 7) is 11.1. The first-order valence-electron chi connectivity index (χ1n) is 42.2. The minimum atomic E-state index is -4.45. The lowest BCUT2D eigenvalue weighted by Gasteiger charge is -2.38. The SMILES string of the molecule is CCCCN(CCCC)CCCC(c1c(F)c(F)c(F)c(F)c1F)(c1c(F)c(F)c(F)c(F)c1F)c1c(F)c(F)c(F)c(F)c1F.CCCCN(CCCC)CCCC(c1c(F)c(F)c(F)c(F)c1F)(c1c(F)c(F)c(F)c(F)c1F)c1c(F)c(F)c(F)c(F)c1F.CCCCN(CCCC)CCCC(c1c(F)c(F)c(F)c(F)c1F)(c1c(F)c(F)c(F)c(F)c1F)c1c(F)c(F)c(F)c(F)c1F.OB(O)O. The third-order valence-electron chi connectivity index (χ3n) is 22.8. The molecule has 9 rings (SSSR count). The zero-order valence-electron chi connectivity index (χ0n) is 73.9. The smallest absolute Gasteiger partial charge is 0.402 e. The largest absolute Gasteiger partial charge is 0.631 e. The fourth-order valence-electron chi connectivity index (χ4n) is 16.1. The van der Waals surface area contributed by atoms with Gasteiger partial charge in [-0.15, -0.1) is 0 Å². The summed E-state index contributed by atoms with van der Waals surface area (Å²) in [5.74, 6) is -135. The lowest BCUT2D eigenvalue weighted by atomic mass is 9.65. The van der Waals surface area contributed by atoms with Gasteiger partial charge in [-0.05, 0) is 136 Å². The number of benzene rings is 9. The second-order valence-electron chi connectivity index (χ2n) is 31.5. The van der Waals surface area contributed by atoms with Crippen LogP contribution in [-0.2, 0) is 16.2 Å². The monoisotopic (exact) mass is 2110 g/mol. The molecule has 9 aromatic carbocycles. The number of unbranched alkanes of at least 4 members (excludes halogenated alkanes) is 6. The number of halogens is 45. The van der Waals surface area contributed by atoms with Gasteiger partial charge in [0.25, 0.3) is 0 Å². The molecule has 9 aromatic rings. The van der Waals surface area contributed by atoms with Crippen LogP contribution in [-0.4, -0.2) is 96.0 Å². The summed E-state index contributed by atoms with van der Waals surface area (Å²) in [6, 6.07) is 0. The summed E-state index contributed by atoms with van der Waals surface area (Å²) in [5, 5.41) is 21.5. The maximum atomic E-state index is 15.5. The number of hydrogen-bond donors (Lipinski definition) is 3. The van der Waals surface area contributed by atoms with E-state index in [0.29, 0.717) is 77.0 Å². The van der Waals surface area contributed by atoms with E-state index < -0.39 is 374 Å². The van der Waals surface area contributed by atoms with E-state index in [2.05, 4.69) is 0 Å². The first-order chi connectivity index (χ1) is 66.3. The van der Waals surface area contributed by atoms with Crippen LogP contribution in [0, 0.1) is 262 Å².